The van der Waals surface area contributed by atoms with Gasteiger partial charge >= 0.3 is 6.03 Å². The summed E-state index contributed by atoms with van der Waals surface area (Å²) in [6.07, 6.45) is 0.0777. The summed E-state index contributed by atoms with van der Waals surface area (Å²) in [5, 5.41) is 6.17. The Morgan fingerprint density at radius 3 is 3.25 bits per heavy atom. The van der Waals surface area contributed by atoms with Crippen LogP contribution in [0.25, 0.3) is 10.2 Å². The van der Waals surface area contributed by atoms with Crippen LogP contribution in [-0.2, 0) is 4.74 Å². The summed E-state index contributed by atoms with van der Waals surface area (Å²) in [5.41, 5.74) is 2.72. The van der Waals surface area contributed by atoms with Crippen LogP contribution >= 0.6 is 11.3 Å². The molecule has 0 radical (unpaired) electrons. The SMILES string of the molecule is O=C(NCC1CNCCO1)N1CC(Oc2cccc3scnc23)C1. The van der Waals surface area contributed by atoms with E-state index in [1.54, 1.807) is 16.2 Å². The number of carbonyl (C=O) groups excluding carboxylic acids is 1. The number of rotatable bonds is 4. The summed E-state index contributed by atoms with van der Waals surface area (Å²) in [5.74, 6) is 0.792. The summed E-state index contributed by atoms with van der Waals surface area (Å²) in [6, 6.07) is 5.87. The lowest BCUT2D eigenvalue weighted by Crippen LogP contribution is -2.59. The number of urea groups is 1. The van der Waals surface area contributed by atoms with Gasteiger partial charge in [0.1, 0.15) is 17.4 Å². The highest BCUT2D eigenvalue weighted by atomic mass is 32.1. The Kier molecular flexibility index (Phi) is 4.50. The minimum Gasteiger partial charge on any atom is -0.484 e. The van der Waals surface area contributed by atoms with Crippen LogP contribution in [0, 0.1) is 0 Å². The first-order chi connectivity index (χ1) is 11.8. The normalized spacial score (nSPS) is 21.5. The van der Waals surface area contributed by atoms with Crippen LogP contribution in [0.3, 0.4) is 0 Å². The molecule has 0 saturated carbocycles. The summed E-state index contributed by atoms with van der Waals surface area (Å²) in [7, 11) is 0. The number of likely N-dealkylation sites (tertiary alicyclic amines) is 1. The summed E-state index contributed by atoms with van der Waals surface area (Å²) >= 11 is 1.60. The Labute approximate surface area is 143 Å². The first kappa shape index (κ1) is 15.6. The molecule has 128 valence electrons. The largest absolute Gasteiger partial charge is 0.484 e. The van der Waals surface area contributed by atoms with Gasteiger partial charge in [0.2, 0.25) is 0 Å². The fourth-order valence-corrected chi connectivity index (χ4v) is 3.57. The van der Waals surface area contributed by atoms with E-state index in [2.05, 4.69) is 15.6 Å². The quantitative estimate of drug-likeness (QED) is 0.864. The highest BCUT2D eigenvalue weighted by Crippen LogP contribution is 2.29. The van der Waals surface area contributed by atoms with Gasteiger partial charge in [0.05, 0.1) is 36.0 Å². The van der Waals surface area contributed by atoms with Gasteiger partial charge in [0.15, 0.2) is 0 Å². The molecule has 0 spiro atoms. The molecule has 2 aliphatic heterocycles. The molecular weight excluding hydrogens is 328 g/mol. The molecule has 1 atom stereocenters. The van der Waals surface area contributed by atoms with Crippen molar-refractivity contribution in [1.29, 1.82) is 0 Å². The Morgan fingerprint density at radius 1 is 1.50 bits per heavy atom. The lowest BCUT2D eigenvalue weighted by molar-refractivity contribution is 0.0237. The van der Waals surface area contributed by atoms with Crippen molar-refractivity contribution in [2.45, 2.75) is 12.2 Å². The number of aromatic nitrogens is 1. The van der Waals surface area contributed by atoms with Gasteiger partial charge in [-0.2, -0.15) is 0 Å². The number of nitrogens with one attached hydrogen (secondary N) is 2. The number of hydrogen-bond acceptors (Lipinski definition) is 6. The van der Waals surface area contributed by atoms with Gasteiger partial charge in [-0.15, -0.1) is 11.3 Å². The van der Waals surface area contributed by atoms with Gasteiger partial charge in [-0.25, -0.2) is 9.78 Å². The Hall–Kier alpha value is -1.90. The molecule has 2 amide bonds. The summed E-state index contributed by atoms with van der Waals surface area (Å²) in [4.78, 5) is 18.2. The highest BCUT2D eigenvalue weighted by molar-refractivity contribution is 7.16. The van der Waals surface area contributed by atoms with Gasteiger partial charge in [0, 0.05) is 19.6 Å². The number of fused-ring (bicyclic) bond motifs is 1. The monoisotopic (exact) mass is 348 g/mol. The van der Waals surface area contributed by atoms with E-state index in [1.807, 2.05) is 23.7 Å². The minimum atomic E-state index is -0.0594. The molecule has 0 aliphatic carbocycles. The van der Waals surface area contributed by atoms with Crippen LogP contribution in [0.2, 0.25) is 0 Å². The van der Waals surface area contributed by atoms with Crippen molar-refractivity contribution < 1.29 is 14.3 Å². The van der Waals surface area contributed by atoms with Crippen LogP contribution in [0.15, 0.2) is 23.7 Å². The van der Waals surface area contributed by atoms with E-state index in [0.29, 0.717) is 26.2 Å². The van der Waals surface area contributed by atoms with E-state index >= 15 is 0 Å². The van der Waals surface area contributed by atoms with Crippen molar-refractivity contribution in [3.8, 4) is 5.75 Å². The number of thiazole rings is 1. The topological polar surface area (TPSA) is 75.7 Å². The number of morpholine rings is 1. The number of amides is 2. The molecule has 24 heavy (non-hydrogen) atoms. The van der Waals surface area contributed by atoms with Crippen LogP contribution in [-0.4, -0.2) is 67.5 Å². The van der Waals surface area contributed by atoms with Gasteiger partial charge < -0.3 is 25.0 Å². The van der Waals surface area contributed by atoms with Crippen molar-refractivity contribution in [2.75, 3.05) is 39.3 Å². The van der Waals surface area contributed by atoms with E-state index in [-0.39, 0.29) is 18.2 Å². The molecule has 2 saturated heterocycles. The molecule has 2 fully saturated rings. The second-order valence-electron chi connectivity index (χ2n) is 5.98. The molecule has 3 heterocycles. The predicted molar refractivity (Wildman–Crippen MR) is 91.6 cm³/mol. The van der Waals surface area contributed by atoms with E-state index in [1.165, 1.54) is 0 Å². The number of para-hydroxylation sites is 1. The Bertz CT molecular complexity index is 710. The molecule has 8 heteroatoms. The molecule has 2 N–H and O–H groups in total. The van der Waals surface area contributed by atoms with Crippen LogP contribution in [0.1, 0.15) is 0 Å². The van der Waals surface area contributed by atoms with Gasteiger partial charge in [0.25, 0.3) is 0 Å². The number of carbonyl (C=O) groups is 1. The van der Waals surface area contributed by atoms with Crippen molar-refractivity contribution >= 4 is 27.6 Å². The Balaban J connectivity index is 1.24. The first-order valence-corrected chi connectivity index (χ1v) is 9.01. The maximum atomic E-state index is 12.1. The van der Waals surface area contributed by atoms with Crippen molar-refractivity contribution in [3.63, 3.8) is 0 Å². The third-order valence-electron chi connectivity index (χ3n) is 4.24. The maximum Gasteiger partial charge on any atom is 0.317 e. The molecule has 4 rings (SSSR count). The first-order valence-electron chi connectivity index (χ1n) is 8.13. The average Bonchev–Trinajstić information content (AvgIpc) is 3.06. The third kappa shape index (κ3) is 3.31. The molecule has 1 aromatic heterocycles. The standard InChI is InChI=1S/C16H20N4O3S/c21-16(18-7-11-6-17-4-5-22-11)20-8-12(9-20)23-13-2-1-3-14-15(13)19-10-24-14/h1-3,10-12,17H,4-9H2,(H,18,21). The van der Waals surface area contributed by atoms with Gasteiger partial charge in [-0.05, 0) is 12.1 Å². The fourth-order valence-electron chi connectivity index (χ4n) is 2.88. The van der Waals surface area contributed by atoms with Gasteiger partial charge in [-0.1, -0.05) is 6.07 Å². The van der Waals surface area contributed by atoms with Crippen molar-refractivity contribution in [3.05, 3.63) is 23.7 Å². The predicted octanol–water partition coefficient (Wildman–Crippen LogP) is 1.06. The number of ether oxygens (including phenoxy) is 2. The zero-order chi connectivity index (χ0) is 16.4. The van der Waals surface area contributed by atoms with Crippen LogP contribution < -0.4 is 15.4 Å². The lowest BCUT2D eigenvalue weighted by Gasteiger charge is -2.39. The molecule has 0 bridgehead atoms. The van der Waals surface area contributed by atoms with E-state index in [0.717, 1.165) is 29.1 Å². The molecule has 2 aliphatic rings. The second kappa shape index (κ2) is 6.92. The van der Waals surface area contributed by atoms with Crippen molar-refractivity contribution in [1.82, 2.24) is 20.5 Å². The second-order valence-corrected chi connectivity index (χ2v) is 6.87. The summed E-state index contributed by atoms with van der Waals surface area (Å²) < 4.78 is 12.7. The van der Waals surface area contributed by atoms with Crippen LogP contribution in [0.5, 0.6) is 5.75 Å². The summed E-state index contributed by atoms with van der Waals surface area (Å²) in [6.45, 7) is 4.07. The number of nitrogens with zero attached hydrogens (tertiary/aromatic N) is 2. The maximum absolute atomic E-state index is 12.1. The van der Waals surface area contributed by atoms with E-state index in [4.69, 9.17) is 9.47 Å². The number of benzene rings is 1. The molecule has 2 aromatic rings. The highest BCUT2D eigenvalue weighted by Gasteiger charge is 2.33. The minimum absolute atomic E-state index is 0.0237. The third-order valence-corrected chi connectivity index (χ3v) is 5.03. The molecule has 1 aromatic carbocycles. The van der Waals surface area contributed by atoms with Gasteiger partial charge in [-0.3, -0.25) is 0 Å². The molecule has 7 nitrogen and oxygen atoms in total. The van der Waals surface area contributed by atoms with Crippen molar-refractivity contribution in [2.24, 2.45) is 0 Å². The van der Waals surface area contributed by atoms with Crippen LogP contribution in [0.4, 0.5) is 4.79 Å². The number of hydrogen-bond donors (Lipinski definition) is 2. The van der Waals surface area contributed by atoms with E-state index < -0.39 is 0 Å². The molecular formula is C16H20N4O3S. The lowest BCUT2D eigenvalue weighted by atomic mass is 10.2. The zero-order valence-electron chi connectivity index (χ0n) is 13.2. The molecule has 1 unspecified atom stereocenters. The zero-order valence-corrected chi connectivity index (χ0v) is 14.1. The average molecular weight is 348 g/mol. The Morgan fingerprint density at radius 2 is 2.42 bits per heavy atom. The smallest absolute Gasteiger partial charge is 0.317 e. The van der Waals surface area contributed by atoms with E-state index in [9.17, 15) is 4.79 Å². The fraction of sp³-hybridized carbons (Fsp3) is 0.500.